The van der Waals surface area contributed by atoms with Crippen molar-refractivity contribution in [3.63, 3.8) is 0 Å². The monoisotopic (exact) mass is 1030 g/mol. The maximum Gasteiger partial charge on any atom is 0.460 e. The molecule has 0 aliphatic carbocycles. The van der Waals surface area contributed by atoms with Crippen molar-refractivity contribution < 1.29 is 108 Å². The number of amides is 2. The second kappa shape index (κ2) is 22.0. The van der Waals surface area contributed by atoms with E-state index in [1.807, 2.05) is 0 Å². The third kappa shape index (κ3) is 12.2. The number of allylic oxidation sites excluding steroid dienone is 1. The Kier molecular flexibility index (Phi) is 19.3. The van der Waals surface area contributed by atoms with Crippen molar-refractivity contribution in [1.29, 1.82) is 0 Å². The smallest absolute Gasteiger partial charge is 0.460 e. The molecule has 0 unspecified atom stereocenters. The van der Waals surface area contributed by atoms with Crippen LogP contribution < -0.4 is 20.3 Å². The Bertz CT molecular complexity index is 1990. The molecule has 388 valence electrons. The zero-order valence-electron chi connectivity index (χ0n) is 37.1. The fourth-order valence-electron chi connectivity index (χ4n) is 6.84. The Morgan fingerprint density at radius 3 is 1.60 bits per heavy atom. The molecule has 2 atom stereocenters. The lowest BCUT2D eigenvalue weighted by atomic mass is 9.88. The van der Waals surface area contributed by atoms with Gasteiger partial charge in [-0.2, -0.15) is 74.6 Å². The highest BCUT2D eigenvalue weighted by Gasteiger charge is 2.95. The van der Waals surface area contributed by atoms with E-state index in [2.05, 4.69) is 5.32 Å². The van der Waals surface area contributed by atoms with Gasteiger partial charge in [0.05, 0.1) is 13.7 Å². The average molecular weight is 1030 g/mol. The van der Waals surface area contributed by atoms with Gasteiger partial charge in [-0.25, -0.2) is 10.3 Å². The maximum atomic E-state index is 15.0. The van der Waals surface area contributed by atoms with Crippen LogP contribution in [0, 0.1) is 5.92 Å². The average Bonchev–Trinajstić information content (AvgIpc) is 3.24. The van der Waals surface area contributed by atoms with E-state index in [0.717, 1.165) is 0 Å². The quantitative estimate of drug-likeness (QED) is 0.0227. The number of nitrogens with one attached hydrogen (secondary N) is 2. The Morgan fingerprint density at radius 2 is 1.15 bits per heavy atom. The van der Waals surface area contributed by atoms with Gasteiger partial charge < -0.3 is 18.6 Å². The molecule has 3 N–H and O–H groups in total. The first-order valence-corrected chi connectivity index (χ1v) is 22.4. The first kappa shape index (κ1) is 59.6. The topological polar surface area (TPSA) is 115 Å². The van der Waals surface area contributed by atoms with E-state index in [9.17, 15) is 75.4 Å². The van der Waals surface area contributed by atoms with E-state index >= 15 is 8.78 Å². The molecule has 0 aromatic heterocycles. The summed E-state index contributed by atoms with van der Waals surface area (Å²) in [4.78, 5) is 24.7. The minimum atomic E-state index is -8.71. The van der Waals surface area contributed by atoms with E-state index in [4.69, 9.17) is 23.8 Å². The van der Waals surface area contributed by atoms with Gasteiger partial charge >= 0.3 is 53.7 Å². The van der Waals surface area contributed by atoms with Crippen LogP contribution in [0.2, 0.25) is 17.1 Å². The van der Waals surface area contributed by atoms with E-state index < -0.39 is 117 Å². The molecule has 0 spiro atoms. The lowest BCUT2D eigenvalue weighted by Crippen LogP contribution is -2.74. The SMILES string of the molecule is COc1ccc(NC(=O)O[C@H](c2ccc(OCCO[Si](CCC(F)(F)C(F)(F)C(F)(F)C(F)(F)C(F)(F)C(F)(F)C(F)(F)C(F)(F)F)(C(C)C)C(C)C)cc2)[C@@H](C)CC/C=C(\C)C(=O)NO)cc1. The van der Waals surface area contributed by atoms with Crippen LogP contribution in [0.25, 0.3) is 0 Å². The molecule has 0 saturated carbocycles. The van der Waals surface area contributed by atoms with Crippen molar-refractivity contribution in [1.82, 2.24) is 5.48 Å². The molecule has 27 heteroatoms. The first-order chi connectivity index (χ1) is 30.9. The van der Waals surface area contributed by atoms with Crippen LogP contribution in [-0.4, -0.2) is 93.5 Å². The normalized spacial score (nSPS) is 15.0. The Hall–Kier alpha value is -4.53. The van der Waals surface area contributed by atoms with E-state index in [0.29, 0.717) is 29.8 Å². The summed E-state index contributed by atoms with van der Waals surface area (Å²) >= 11 is 0. The number of alkyl halides is 17. The predicted molar refractivity (Wildman–Crippen MR) is 212 cm³/mol. The summed E-state index contributed by atoms with van der Waals surface area (Å²) < 4.78 is 259. The third-order valence-electron chi connectivity index (χ3n) is 11.1. The molecule has 2 amide bonds. The van der Waals surface area contributed by atoms with Crippen molar-refractivity contribution in [3.8, 4) is 11.5 Å². The van der Waals surface area contributed by atoms with Gasteiger partial charge in [-0.15, -0.1) is 0 Å². The van der Waals surface area contributed by atoms with Crippen LogP contribution in [-0.2, 0) is 14.0 Å². The highest BCUT2D eigenvalue weighted by atomic mass is 28.4. The second-order valence-corrected chi connectivity index (χ2v) is 21.2. The van der Waals surface area contributed by atoms with Crippen molar-refractivity contribution in [2.75, 3.05) is 25.6 Å². The molecule has 0 saturated heterocycles. The number of hydrogen-bond donors (Lipinski definition) is 3. The molecular weight excluding hydrogens is 984 g/mol. The van der Waals surface area contributed by atoms with Gasteiger partial charge in [-0.3, -0.25) is 15.3 Å². The number of methoxy groups -OCH3 is 1. The molecule has 0 bridgehead atoms. The van der Waals surface area contributed by atoms with Gasteiger partial charge in [0.2, 0.25) is 0 Å². The molecule has 0 radical (unpaired) electrons. The summed E-state index contributed by atoms with van der Waals surface area (Å²) in [5.41, 5.74) is 0.710. The molecule has 2 rings (SSSR count). The highest BCUT2D eigenvalue weighted by Crippen LogP contribution is 2.64. The molecular formula is C41H49F17N2O7Si. The number of benzene rings is 2. The molecule has 0 fully saturated rings. The zero-order chi connectivity index (χ0) is 52.7. The number of carbonyl (C=O) groups is 2. The van der Waals surface area contributed by atoms with Crippen molar-refractivity contribution in [3.05, 3.63) is 65.7 Å². The van der Waals surface area contributed by atoms with Crippen LogP contribution in [0.4, 0.5) is 85.1 Å². The van der Waals surface area contributed by atoms with E-state index in [-0.39, 0.29) is 11.3 Å². The van der Waals surface area contributed by atoms with Gasteiger partial charge in [0.25, 0.3) is 5.91 Å². The van der Waals surface area contributed by atoms with Crippen molar-refractivity contribution >= 4 is 26.0 Å². The number of ether oxygens (including phenoxy) is 3. The minimum absolute atomic E-state index is 0.117. The summed E-state index contributed by atoms with van der Waals surface area (Å²) in [5, 5.41) is 11.4. The van der Waals surface area contributed by atoms with Crippen LogP contribution >= 0.6 is 0 Å². The lowest BCUT2D eigenvalue weighted by Gasteiger charge is -2.44. The van der Waals surface area contributed by atoms with Gasteiger partial charge in [-0.05, 0) is 84.8 Å². The van der Waals surface area contributed by atoms with E-state index in [1.165, 1.54) is 71.5 Å². The van der Waals surface area contributed by atoms with E-state index in [1.54, 1.807) is 37.3 Å². The zero-order valence-corrected chi connectivity index (χ0v) is 38.1. The summed E-state index contributed by atoms with van der Waals surface area (Å²) in [6.07, 6.45) is -10.00. The molecule has 2 aromatic rings. The highest BCUT2D eigenvalue weighted by molar-refractivity contribution is 6.76. The maximum absolute atomic E-state index is 15.0. The fraction of sp³-hybridized carbons (Fsp3) is 0.610. The molecule has 0 aliphatic rings. The molecule has 68 heavy (non-hydrogen) atoms. The lowest BCUT2D eigenvalue weighted by molar-refractivity contribution is -0.461. The Labute approximate surface area is 379 Å². The number of carbonyl (C=O) groups excluding carboxylic acids is 2. The standard InChI is InChI=1S/C41H49F17N2O7Si/c1-23(2)68(24(3)4,22-19-34(42,43)35(44,45)36(46,47)37(48,49)38(50,51)39(52,53)40(54,55)41(56,57)58)66-21-20-65-30-15-11-27(12-16-30)31(25(5)9-8-10-26(6)32(61)60-63)67-33(62)59-28-13-17-29(64-7)18-14-28/h10-18,23-25,31,63H,8-9,19-22H2,1-7H3,(H,59,62)(H,60,61)/b26-10+/t25-,31-/m0/s1. The van der Waals surface area contributed by atoms with Gasteiger partial charge in [0.1, 0.15) is 24.2 Å². The summed E-state index contributed by atoms with van der Waals surface area (Å²) in [6, 6.07) is 10.7. The number of hydrogen-bond acceptors (Lipinski definition) is 7. The van der Waals surface area contributed by atoms with Crippen LogP contribution in [0.3, 0.4) is 0 Å². The molecule has 2 aromatic carbocycles. The second-order valence-electron chi connectivity index (χ2n) is 16.2. The van der Waals surface area contributed by atoms with Crippen LogP contribution in [0.1, 0.15) is 72.5 Å². The first-order valence-electron chi connectivity index (χ1n) is 20.2. The number of halogens is 17. The number of rotatable bonds is 25. The largest absolute Gasteiger partial charge is 0.497 e. The number of anilines is 1. The van der Waals surface area contributed by atoms with Crippen LogP contribution in [0.15, 0.2) is 60.2 Å². The number of hydroxylamine groups is 1. The van der Waals surface area contributed by atoms with Gasteiger partial charge in [0, 0.05) is 17.7 Å². The molecule has 0 aliphatic heterocycles. The summed E-state index contributed by atoms with van der Waals surface area (Å²) in [6.45, 7) is 7.49. The van der Waals surface area contributed by atoms with Gasteiger partial charge in [-0.1, -0.05) is 52.8 Å². The van der Waals surface area contributed by atoms with Gasteiger partial charge in [0.15, 0.2) is 8.32 Å². The summed E-state index contributed by atoms with van der Waals surface area (Å²) in [7, 11) is -2.58. The fourth-order valence-corrected chi connectivity index (χ4v) is 11.3. The third-order valence-corrected chi connectivity index (χ3v) is 16.8. The van der Waals surface area contributed by atoms with Crippen molar-refractivity contribution in [2.45, 2.75) is 132 Å². The molecule has 9 nitrogen and oxygen atoms in total. The van der Waals surface area contributed by atoms with Crippen molar-refractivity contribution in [2.24, 2.45) is 5.92 Å². The molecule has 0 heterocycles. The minimum Gasteiger partial charge on any atom is -0.497 e. The predicted octanol–water partition coefficient (Wildman–Crippen LogP) is 13.4. The Balaban J connectivity index is 2.30. The summed E-state index contributed by atoms with van der Waals surface area (Å²) in [5.74, 6) is -57.4. The van der Waals surface area contributed by atoms with Crippen LogP contribution in [0.5, 0.6) is 11.5 Å². The Morgan fingerprint density at radius 1 is 0.676 bits per heavy atom.